The highest BCUT2D eigenvalue weighted by atomic mass is 16.3. The molecule has 60 valence electrons. The summed E-state index contributed by atoms with van der Waals surface area (Å²) in [4.78, 5) is 0. The van der Waals surface area contributed by atoms with E-state index in [4.69, 9.17) is 10.2 Å². The molecule has 0 aromatic heterocycles. The van der Waals surface area contributed by atoms with Gasteiger partial charge in [0.15, 0.2) is 0 Å². The third-order valence-corrected chi connectivity index (χ3v) is 1.98. The lowest BCUT2D eigenvalue weighted by Gasteiger charge is -2.11. The first-order valence-corrected chi connectivity index (χ1v) is 3.82. The lowest BCUT2D eigenvalue weighted by atomic mass is 10.0. The Morgan fingerprint density at radius 2 is 2.40 bits per heavy atom. The van der Waals surface area contributed by atoms with Gasteiger partial charge in [-0.15, -0.1) is 0 Å². The summed E-state index contributed by atoms with van der Waals surface area (Å²) in [6, 6.07) is 0. The summed E-state index contributed by atoms with van der Waals surface area (Å²) in [5.74, 6) is 0.571. The zero-order valence-corrected chi connectivity index (χ0v) is 6.08. The minimum absolute atomic E-state index is 0.101. The van der Waals surface area contributed by atoms with Crippen LogP contribution in [0.25, 0.3) is 0 Å². The quantitative estimate of drug-likeness (QED) is 0.494. The van der Waals surface area contributed by atoms with Crippen molar-refractivity contribution in [1.82, 2.24) is 5.32 Å². The maximum Gasteiger partial charge on any atom is 0.0774 e. The second-order valence-corrected chi connectivity index (χ2v) is 2.93. The van der Waals surface area contributed by atoms with Crippen LogP contribution in [0, 0.1) is 5.92 Å². The number of nitrogens with one attached hydrogen (secondary N) is 1. The summed E-state index contributed by atoms with van der Waals surface area (Å²) in [5.41, 5.74) is 0. The topological polar surface area (TPSA) is 52.5 Å². The molecular formula is C7H15NO2. The Balaban J connectivity index is 2.11. The molecule has 1 rings (SSSR count). The minimum Gasteiger partial charge on any atom is -0.394 e. The van der Waals surface area contributed by atoms with E-state index in [-0.39, 0.29) is 6.61 Å². The van der Waals surface area contributed by atoms with Gasteiger partial charge in [-0.25, -0.2) is 0 Å². The number of hydrogen-bond donors (Lipinski definition) is 3. The number of rotatable bonds is 3. The monoisotopic (exact) mass is 145 g/mol. The van der Waals surface area contributed by atoms with E-state index in [9.17, 15) is 0 Å². The van der Waals surface area contributed by atoms with Crippen LogP contribution in [-0.4, -0.2) is 36.0 Å². The second kappa shape index (κ2) is 3.91. The highest BCUT2D eigenvalue weighted by molar-refractivity contribution is 4.73. The molecule has 0 spiro atoms. The van der Waals surface area contributed by atoms with Crippen molar-refractivity contribution in [3.63, 3.8) is 0 Å². The Hall–Kier alpha value is -0.120. The number of hydrogen-bond acceptors (Lipinski definition) is 3. The van der Waals surface area contributed by atoms with Crippen LogP contribution in [0.2, 0.25) is 0 Å². The molecule has 0 saturated carbocycles. The van der Waals surface area contributed by atoms with Crippen LogP contribution in [0.4, 0.5) is 0 Å². The third-order valence-electron chi connectivity index (χ3n) is 1.98. The van der Waals surface area contributed by atoms with Crippen molar-refractivity contribution in [1.29, 1.82) is 0 Å². The normalized spacial score (nSPS) is 28.8. The van der Waals surface area contributed by atoms with Crippen molar-refractivity contribution >= 4 is 0 Å². The lowest BCUT2D eigenvalue weighted by molar-refractivity contribution is 0.0763. The maximum absolute atomic E-state index is 9.04. The molecule has 3 nitrogen and oxygen atoms in total. The molecule has 1 heterocycles. The zero-order chi connectivity index (χ0) is 7.40. The molecule has 0 bridgehead atoms. The Morgan fingerprint density at radius 1 is 1.60 bits per heavy atom. The summed E-state index contributed by atoms with van der Waals surface area (Å²) in [6.07, 6.45) is 1.37. The van der Waals surface area contributed by atoms with Gasteiger partial charge >= 0.3 is 0 Å². The zero-order valence-electron chi connectivity index (χ0n) is 6.08. The van der Waals surface area contributed by atoms with Crippen LogP contribution in [0.3, 0.4) is 0 Å². The summed E-state index contributed by atoms with van der Waals surface area (Å²) in [7, 11) is 0. The van der Waals surface area contributed by atoms with E-state index in [1.165, 1.54) is 0 Å². The number of aliphatic hydroxyl groups excluding tert-OH is 2. The molecule has 1 saturated heterocycles. The van der Waals surface area contributed by atoms with Crippen LogP contribution in [-0.2, 0) is 0 Å². The van der Waals surface area contributed by atoms with Crippen molar-refractivity contribution in [3.05, 3.63) is 0 Å². The maximum atomic E-state index is 9.04. The van der Waals surface area contributed by atoms with Gasteiger partial charge in [-0.2, -0.15) is 0 Å². The molecule has 1 aliphatic heterocycles. The number of aliphatic hydroxyl groups is 2. The van der Waals surface area contributed by atoms with Crippen molar-refractivity contribution in [3.8, 4) is 0 Å². The first-order chi connectivity index (χ1) is 4.83. The van der Waals surface area contributed by atoms with Crippen molar-refractivity contribution in [2.75, 3.05) is 19.7 Å². The summed E-state index contributed by atoms with van der Waals surface area (Å²) in [6.45, 7) is 1.95. The molecule has 0 aromatic carbocycles. The minimum atomic E-state index is -0.509. The fourth-order valence-electron chi connectivity index (χ4n) is 1.37. The highest BCUT2D eigenvalue weighted by Gasteiger charge is 2.17. The first kappa shape index (κ1) is 7.98. The van der Waals surface area contributed by atoms with E-state index < -0.39 is 6.10 Å². The van der Waals surface area contributed by atoms with E-state index >= 15 is 0 Å². The molecule has 1 unspecified atom stereocenters. The molecule has 0 aliphatic carbocycles. The third kappa shape index (κ3) is 2.25. The van der Waals surface area contributed by atoms with E-state index in [1.807, 2.05) is 0 Å². The SMILES string of the molecule is OC[C@H](O)CC1CCNC1. The van der Waals surface area contributed by atoms with Gasteiger partial charge in [0.1, 0.15) is 0 Å². The highest BCUT2D eigenvalue weighted by Crippen LogP contribution is 2.13. The summed E-state index contributed by atoms with van der Waals surface area (Å²) >= 11 is 0. The van der Waals surface area contributed by atoms with E-state index in [0.717, 1.165) is 25.9 Å². The fourth-order valence-corrected chi connectivity index (χ4v) is 1.37. The first-order valence-electron chi connectivity index (χ1n) is 3.82. The molecular weight excluding hydrogens is 130 g/mol. The van der Waals surface area contributed by atoms with Gasteiger partial charge in [-0.1, -0.05) is 0 Å². The predicted molar refractivity (Wildman–Crippen MR) is 38.7 cm³/mol. The van der Waals surface area contributed by atoms with Crippen LogP contribution in [0.1, 0.15) is 12.8 Å². The molecule has 0 amide bonds. The van der Waals surface area contributed by atoms with Crippen LogP contribution >= 0.6 is 0 Å². The van der Waals surface area contributed by atoms with Gasteiger partial charge in [0.05, 0.1) is 12.7 Å². The van der Waals surface area contributed by atoms with Crippen LogP contribution < -0.4 is 5.32 Å². The Kier molecular flexibility index (Phi) is 3.12. The van der Waals surface area contributed by atoms with Crippen molar-refractivity contribution < 1.29 is 10.2 Å². The Labute approximate surface area is 61.1 Å². The lowest BCUT2D eigenvalue weighted by Crippen LogP contribution is -2.18. The average molecular weight is 145 g/mol. The van der Waals surface area contributed by atoms with Crippen LogP contribution in [0.15, 0.2) is 0 Å². The molecule has 0 radical (unpaired) electrons. The average Bonchev–Trinajstić information content (AvgIpc) is 2.40. The van der Waals surface area contributed by atoms with Gasteiger partial charge < -0.3 is 15.5 Å². The van der Waals surface area contributed by atoms with E-state index in [2.05, 4.69) is 5.32 Å². The van der Waals surface area contributed by atoms with Gasteiger partial charge in [-0.05, 0) is 31.8 Å². The van der Waals surface area contributed by atoms with Gasteiger partial charge in [0.2, 0.25) is 0 Å². The Bertz CT molecular complexity index is 91.6. The van der Waals surface area contributed by atoms with Crippen LogP contribution in [0.5, 0.6) is 0 Å². The molecule has 2 atom stereocenters. The largest absolute Gasteiger partial charge is 0.394 e. The molecule has 1 aliphatic rings. The van der Waals surface area contributed by atoms with E-state index in [1.54, 1.807) is 0 Å². The van der Waals surface area contributed by atoms with Crippen molar-refractivity contribution in [2.24, 2.45) is 5.92 Å². The standard InChI is InChI=1S/C7H15NO2/c9-5-7(10)3-6-1-2-8-4-6/h6-10H,1-5H2/t6?,7-/m1/s1. The molecule has 10 heavy (non-hydrogen) atoms. The Morgan fingerprint density at radius 3 is 2.90 bits per heavy atom. The molecule has 1 fully saturated rings. The van der Waals surface area contributed by atoms with Crippen molar-refractivity contribution in [2.45, 2.75) is 18.9 Å². The molecule has 3 N–H and O–H groups in total. The summed E-state index contributed by atoms with van der Waals surface area (Å²) < 4.78 is 0. The van der Waals surface area contributed by atoms with Gasteiger partial charge in [-0.3, -0.25) is 0 Å². The van der Waals surface area contributed by atoms with Gasteiger partial charge in [0, 0.05) is 0 Å². The molecule has 0 aromatic rings. The predicted octanol–water partition coefficient (Wildman–Crippen LogP) is -0.661. The fraction of sp³-hybridized carbons (Fsp3) is 1.00. The van der Waals surface area contributed by atoms with E-state index in [0.29, 0.717) is 5.92 Å². The second-order valence-electron chi connectivity index (χ2n) is 2.93. The molecule has 3 heteroatoms. The van der Waals surface area contributed by atoms with Gasteiger partial charge in [0.25, 0.3) is 0 Å². The summed E-state index contributed by atoms with van der Waals surface area (Å²) in [5, 5.41) is 20.8. The smallest absolute Gasteiger partial charge is 0.0774 e.